The molecule has 40 heavy (non-hydrogen) atoms. The Bertz CT molecular complexity index is 830. The third-order valence-electron chi connectivity index (χ3n) is 7.78. The molecule has 0 atom stereocenters. The van der Waals surface area contributed by atoms with Gasteiger partial charge in [0.2, 0.25) is 5.91 Å². The first-order valence-electron chi connectivity index (χ1n) is 14.3. The molecule has 0 aromatic carbocycles. The van der Waals surface area contributed by atoms with Crippen LogP contribution in [0.1, 0.15) is 39.5 Å². The highest BCUT2D eigenvalue weighted by Crippen LogP contribution is 2.30. The Morgan fingerprint density at radius 3 is 1.30 bits per heavy atom. The minimum atomic E-state index is -1.00. The number of ketones is 1. The molecule has 1 aliphatic carbocycles. The molecule has 13 heteroatoms. The molecule has 0 spiro atoms. The first kappa shape index (κ1) is 33.6. The molecule has 0 aromatic heterocycles. The lowest BCUT2D eigenvalue weighted by Crippen LogP contribution is -2.50. The second-order valence-electron chi connectivity index (χ2n) is 11.4. The highest BCUT2D eigenvalue weighted by atomic mass is 16.4. The largest absolute Gasteiger partial charge is 0.480 e. The van der Waals surface area contributed by atoms with E-state index in [0.717, 1.165) is 25.7 Å². The van der Waals surface area contributed by atoms with Gasteiger partial charge in [-0.25, -0.2) is 0 Å². The molecular formula is C27H47N5O8. The molecule has 1 amide bonds. The van der Waals surface area contributed by atoms with Crippen molar-refractivity contribution in [3.8, 4) is 0 Å². The molecule has 1 aliphatic heterocycles. The van der Waals surface area contributed by atoms with E-state index < -0.39 is 17.9 Å². The minimum Gasteiger partial charge on any atom is -0.480 e. The first-order valence-corrected chi connectivity index (χ1v) is 14.3. The number of carbonyl (C=O) groups excluding carboxylic acids is 2. The van der Waals surface area contributed by atoms with Crippen LogP contribution in [-0.4, -0.2) is 150 Å². The van der Waals surface area contributed by atoms with Crippen molar-refractivity contribution in [3.05, 3.63) is 0 Å². The lowest BCUT2D eigenvalue weighted by atomic mass is 9.78. The van der Waals surface area contributed by atoms with E-state index in [0.29, 0.717) is 70.6 Å². The minimum absolute atomic E-state index is 0.0442. The fraction of sp³-hybridized carbons (Fsp3) is 0.815. The van der Waals surface area contributed by atoms with E-state index >= 15 is 0 Å². The molecule has 1 saturated carbocycles. The van der Waals surface area contributed by atoms with Crippen LogP contribution >= 0.6 is 0 Å². The number of rotatable bonds is 12. The summed E-state index contributed by atoms with van der Waals surface area (Å²) in [5, 5.41) is 31.0. The molecule has 0 radical (unpaired) electrons. The lowest BCUT2D eigenvalue weighted by molar-refractivity contribution is -0.140. The number of nitrogens with zero attached hydrogens (tertiary/aromatic N) is 4. The highest BCUT2D eigenvalue weighted by molar-refractivity contribution is 5.82. The van der Waals surface area contributed by atoms with Crippen LogP contribution in [0.3, 0.4) is 0 Å². The molecule has 1 heterocycles. The summed E-state index contributed by atoms with van der Waals surface area (Å²) < 4.78 is 0. The Balaban J connectivity index is 1.97. The number of carboxylic acid groups (broad SMARTS) is 3. The van der Waals surface area contributed by atoms with Crippen molar-refractivity contribution in [1.82, 2.24) is 24.9 Å². The Kier molecular flexibility index (Phi) is 14.5. The summed E-state index contributed by atoms with van der Waals surface area (Å²) in [6.45, 7) is 6.77. The van der Waals surface area contributed by atoms with Crippen LogP contribution in [0.25, 0.3) is 0 Å². The summed E-state index contributed by atoms with van der Waals surface area (Å²) in [7, 11) is 0. The molecule has 0 aromatic rings. The summed E-state index contributed by atoms with van der Waals surface area (Å²) in [5.74, 6) is -2.31. The predicted octanol–water partition coefficient (Wildman–Crippen LogP) is -0.390. The van der Waals surface area contributed by atoms with Crippen LogP contribution in [-0.2, 0) is 24.0 Å². The quantitative estimate of drug-likeness (QED) is 0.240. The maximum atomic E-state index is 12.9. The topological polar surface area (TPSA) is 171 Å². The van der Waals surface area contributed by atoms with Crippen molar-refractivity contribution >= 4 is 29.6 Å². The van der Waals surface area contributed by atoms with Crippen LogP contribution in [0.5, 0.6) is 0 Å². The molecule has 2 rings (SSSR count). The van der Waals surface area contributed by atoms with E-state index in [1.54, 1.807) is 14.7 Å². The summed E-state index contributed by atoms with van der Waals surface area (Å²) in [6.07, 6.45) is 3.51. The number of nitrogens with one attached hydrogen (secondary N) is 1. The van der Waals surface area contributed by atoms with Crippen LogP contribution in [0, 0.1) is 17.8 Å². The first-order chi connectivity index (χ1) is 18.9. The monoisotopic (exact) mass is 569 g/mol. The number of carboxylic acids is 3. The average molecular weight is 570 g/mol. The zero-order valence-electron chi connectivity index (χ0n) is 23.9. The van der Waals surface area contributed by atoms with E-state index in [4.69, 9.17) is 0 Å². The fourth-order valence-electron chi connectivity index (χ4n) is 5.42. The van der Waals surface area contributed by atoms with Crippen molar-refractivity contribution in [2.24, 2.45) is 17.8 Å². The number of aliphatic carboxylic acids is 3. The molecule has 0 bridgehead atoms. The molecule has 228 valence electrons. The fourth-order valence-corrected chi connectivity index (χ4v) is 5.42. The SMILES string of the molecule is CC(C)C(=O)C1CCC(CNC(=O)CN2CCN(CC(=O)O)CCN(CC(=O)O)CCN(CC(=O)O)CC2)CC1. The molecular weight excluding hydrogens is 522 g/mol. The Morgan fingerprint density at radius 1 is 0.625 bits per heavy atom. The van der Waals surface area contributed by atoms with E-state index in [9.17, 15) is 39.3 Å². The zero-order valence-corrected chi connectivity index (χ0v) is 23.9. The van der Waals surface area contributed by atoms with Crippen LogP contribution in [0.15, 0.2) is 0 Å². The summed E-state index contributed by atoms with van der Waals surface area (Å²) in [6, 6.07) is 0. The highest BCUT2D eigenvalue weighted by Gasteiger charge is 2.28. The van der Waals surface area contributed by atoms with Gasteiger partial charge in [0.1, 0.15) is 5.78 Å². The Hall–Kier alpha value is -2.61. The molecule has 0 unspecified atom stereocenters. The number of carbonyl (C=O) groups is 5. The maximum absolute atomic E-state index is 12.9. The van der Waals surface area contributed by atoms with Gasteiger partial charge < -0.3 is 20.6 Å². The van der Waals surface area contributed by atoms with Crippen molar-refractivity contribution in [2.45, 2.75) is 39.5 Å². The van der Waals surface area contributed by atoms with E-state index in [2.05, 4.69) is 5.32 Å². The van der Waals surface area contributed by atoms with Gasteiger partial charge in [-0.3, -0.25) is 43.6 Å². The van der Waals surface area contributed by atoms with Gasteiger partial charge in [-0.05, 0) is 31.6 Å². The smallest absolute Gasteiger partial charge is 0.317 e. The Morgan fingerprint density at radius 2 is 0.975 bits per heavy atom. The van der Waals surface area contributed by atoms with E-state index in [-0.39, 0.29) is 43.9 Å². The van der Waals surface area contributed by atoms with Crippen molar-refractivity contribution < 1.29 is 39.3 Å². The van der Waals surface area contributed by atoms with Gasteiger partial charge in [-0.2, -0.15) is 0 Å². The summed E-state index contributed by atoms with van der Waals surface area (Å²) in [5.41, 5.74) is 0. The van der Waals surface area contributed by atoms with E-state index in [1.807, 2.05) is 18.7 Å². The summed E-state index contributed by atoms with van der Waals surface area (Å²) >= 11 is 0. The molecule has 13 nitrogen and oxygen atoms in total. The van der Waals surface area contributed by atoms with Crippen LogP contribution in [0.2, 0.25) is 0 Å². The normalized spacial score (nSPS) is 23.2. The summed E-state index contributed by atoms with van der Waals surface area (Å²) in [4.78, 5) is 66.4. The molecule has 2 fully saturated rings. The van der Waals surface area contributed by atoms with Gasteiger partial charge >= 0.3 is 17.9 Å². The van der Waals surface area contributed by atoms with Gasteiger partial charge in [0.25, 0.3) is 0 Å². The van der Waals surface area contributed by atoms with Gasteiger partial charge in [0.05, 0.1) is 26.2 Å². The van der Waals surface area contributed by atoms with Gasteiger partial charge in [0.15, 0.2) is 0 Å². The molecule has 1 saturated heterocycles. The maximum Gasteiger partial charge on any atom is 0.317 e. The van der Waals surface area contributed by atoms with Gasteiger partial charge in [-0.1, -0.05) is 13.8 Å². The molecule has 2 aliphatic rings. The second kappa shape index (κ2) is 17.3. The van der Waals surface area contributed by atoms with Gasteiger partial charge in [-0.15, -0.1) is 0 Å². The number of Topliss-reactive ketones (excluding diaryl/α,β-unsaturated/α-hetero) is 1. The number of hydrogen-bond donors (Lipinski definition) is 4. The van der Waals surface area contributed by atoms with Crippen molar-refractivity contribution in [1.29, 1.82) is 0 Å². The predicted molar refractivity (Wildman–Crippen MR) is 147 cm³/mol. The van der Waals surface area contributed by atoms with Crippen molar-refractivity contribution in [2.75, 3.05) is 85.1 Å². The van der Waals surface area contributed by atoms with Crippen LogP contribution < -0.4 is 5.32 Å². The third-order valence-corrected chi connectivity index (χ3v) is 7.78. The number of hydrogen-bond acceptors (Lipinski definition) is 9. The lowest BCUT2D eigenvalue weighted by Gasteiger charge is -2.33. The van der Waals surface area contributed by atoms with Crippen LogP contribution in [0.4, 0.5) is 0 Å². The third kappa shape index (κ3) is 13.2. The molecule has 4 N–H and O–H groups in total. The number of amides is 1. The Labute approximate surface area is 236 Å². The average Bonchev–Trinajstić information content (AvgIpc) is 2.87. The zero-order chi connectivity index (χ0) is 29.7. The van der Waals surface area contributed by atoms with E-state index in [1.165, 1.54) is 0 Å². The van der Waals surface area contributed by atoms with Crippen molar-refractivity contribution in [3.63, 3.8) is 0 Å². The second-order valence-corrected chi connectivity index (χ2v) is 11.4. The van der Waals surface area contributed by atoms with Gasteiger partial charge in [0, 0.05) is 70.7 Å². The standard InChI is InChI=1S/C27H47N5O8/c1-20(2)27(40)22-5-3-21(4-6-22)15-28-23(33)16-29-7-9-30(17-24(34)35)11-13-32(19-26(38)39)14-12-31(10-8-29)18-25(36)37/h20-22H,3-19H2,1-2H3,(H,28,33)(H,34,35)(H,36,37)(H,38,39).